The molecule has 0 aromatic carbocycles. The smallest absolute Gasteiger partial charge is 0.328 e. The molecular formula is C12H19NO2S. The van der Waals surface area contributed by atoms with Crippen LogP contribution in [0.25, 0.3) is 0 Å². The van der Waals surface area contributed by atoms with Crippen LogP contribution in [0.1, 0.15) is 36.6 Å². The molecule has 1 heterocycles. The Hall–Kier alpha value is -0.870. The third kappa shape index (κ3) is 2.83. The third-order valence-corrected chi connectivity index (χ3v) is 3.95. The second kappa shape index (κ2) is 4.97. The van der Waals surface area contributed by atoms with Gasteiger partial charge in [-0.15, -0.1) is 11.3 Å². The van der Waals surface area contributed by atoms with Crippen LogP contribution in [-0.4, -0.2) is 20.1 Å². The Morgan fingerprint density at radius 3 is 2.44 bits per heavy atom. The summed E-state index contributed by atoms with van der Waals surface area (Å²) in [6.07, 6.45) is 0. The molecule has 1 aromatic rings. The molecule has 0 bridgehead atoms. The number of esters is 1. The summed E-state index contributed by atoms with van der Waals surface area (Å²) in [7, 11) is 3.17. The van der Waals surface area contributed by atoms with Gasteiger partial charge < -0.3 is 10.1 Å². The summed E-state index contributed by atoms with van der Waals surface area (Å²) in [4.78, 5) is 13.8. The number of thiophene rings is 1. The predicted octanol–water partition coefficient (Wildman–Crippen LogP) is 2.48. The van der Waals surface area contributed by atoms with Crippen LogP contribution in [0.5, 0.6) is 0 Å². The van der Waals surface area contributed by atoms with E-state index < -0.39 is 0 Å². The average Bonchev–Trinajstić information content (AvgIpc) is 2.67. The lowest BCUT2D eigenvalue weighted by molar-refractivity contribution is -0.143. The number of ether oxygens (including phenoxy) is 1. The van der Waals surface area contributed by atoms with E-state index in [2.05, 4.69) is 32.2 Å². The van der Waals surface area contributed by atoms with Crippen LogP contribution < -0.4 is 5.32 Å². The molecule has 0 saturated carbocycles. The second-order valence-electron chi connectivity index (χ2n) is 4.70. The Kier molecular flexibility index (Phi) is 4.10. The first kappa shape index (κ1) is 13.2. The summed E-state index contributed by atoms with van der Waals surface area (Å²) in [5.41, 5.74) is 0.122. The van der Waals surface area contributed by atoms with Crippen molar-refractivity contribution >= 4 is 17.3 Å². The number of nitrogens with one attached hydrogen (secondary N) is 1. The van der Waals surface area contributed by atoms with E-state index in [0.717, 1.165) is 4.88 Å². The van der Waals surface area contributed by atoms with Crippen molar-refractivity contribution < 1.29 is 9.53 Å². The van der Waals surface area contributed by atoms with Gasteiger partial charge in [0.2, 0.25) is 0 Å². The number of hydrogen-bond donors (Lipinski definition) is 1. The van der Waals surface area contributed by atoms with E-state index >= 15 is 0 Å². The van der Waals surface area contributed by atoms with Crippen molar-refractivity contribution in [3.8, 4) is 0 Å². The highest BCUT2D eigenvalue weighted by atomic mass is 32.1. The van der Waals surface area contributed by atoms with Crippen LogP contribution in [-0.2, 0) is 14.9 Å². The van der Waals surface area contributed by atoms with Crippen LogP contribution in [0.2, 0.25) is 0 Å². The molecule has 1 N–H and O–H groups in total. The maximum absolute atomic E-state index is 11.5. The van der Waals surface area contributed by atoms with Gasteiger partial charge in [-0.05, 0) is 24.6 Å². The van der Waals surface area contributed by atoms with Crippen LogP contribution in [0, 0.1) is 0 Å². The highest BCUT2D eigenvalue weighted by molar-refractivity contribution is 7.12. The molecule has 4 heteroatoms. The molecule has 1 rings (SSSR count). The van der Waals surface area contributed by atoms with Crippen molar-refractivity contribution in [2.45, 2.75) is 32.2 Å². The Morgan fingerprint density at radius 1 is 1.44 bits per heavy atom. The molecule has 16 heavy (non-hydrogen) atoms. The van der Waals surface area contributed by atoms with Crippen LogP contribution in [0.4, 0.5) is 0 Å². The first-order valence-electron chi connectivity index (χ1n) is 5.25. The molecule has 1 aromatic heterocycles. The van der Waals surface area contributed by atoms with Crippen molar-refractivity contribution in [3.63, 3.8) is 0 Å². The van der Waals surface area contributed by atoms with Crippen molar-refractivity contribution in [1.29, 1.82) is 0 Å². The van der Waals surface area contributed by atoms with Crippen molar-refractivity contribution in [1.82, 2.24) is 5.32 Å². The molecule has 0 aliphatic rings. The number of carbonyl (C=O) groups excluding carboxylic acids is 1. The van der Waals surface area contributed by atoms with Gasteiger partial charge in [-0.25, -0.2) is 4.79 Å². The third-order valence-electron chi connectivity index (χ3n) is 2.38. The van der Waals surface area contributed by atoms with E-state index in [1.54, 1.807) is 18.4 Å². The molecule has 0 radical (unpaired) electrons. The van der Waals surface area contributed by atoms with Crippen molar-refractivity contribution in [3.05, 3.63) is 21.9 Å². The van der Waals surface area contributed by atoms with Gasteiger partial charge >= 0.3 is 5.97 Å². The molecule has 0 fully saturated rings. The lowest BCUT2D eigenvalue weighted by Gasteiger charge is -2.16. The Morgan fingerprint density at radius 2 is 2.06 bits per heavy atom. The highest BCUT2D eigenvalue weighted by Crippen LogP contribution is 2.32. The molecular weight excluding hydrogens is 222 g/mol. The Balaban J connectivity index is 2.96. The van der Waals surface area contributed by atoms with Gasteiger partial charge in [0.25, 0.3) is 0 Å². The molecule has 0 aliphatic carbocycles. The van der Waals surface area contributed by atoms with Gasteiger partial charge in [0.15, 0.2) is 0 Å². The monoisotopic (exact) mass is 241 g/mol. The normalized spacial score (nSPS) is 13.6. The maximum Gasteiger partial charge on any atom is 0.328 e. The zero-order valence-corrected chi connectivity index (χ0v) is 11.3. The van der Waals surface area contributed by atoms with Gasteiger partial charge in [0, 0.05) is 9.75 Å². The van der Waals surface area contributed by atoms with E-state index in [4.69, 9.17) is 4.74 Å². The Bertz CT molecular complexity index is 365. The first-order chi connectivity index (χ1) is 7.40. The molecule has 3 nitrogen and oxygen atoms in total. The fourth-order valence-corrected chi connectivity index (χ4v) is 2.57. The molecule has 0 saturated heterocycles. The molecule has 1 atom stereocenters. The highest BCUT2D eigenvalue weighted by Gasteiger charge is 2.23. The largest absolute Gasteiger partial charge is 0.468 e. The summed E-state index contributed by atoms with van der Waals surface area (Å²) in [5, 5.41) is 2.97. The fourth-order valence-electron chi connectivity index (χ4n) is 1.41. The van der Waals surface area contributed by atoms with E-state index in [-0.39, 0.29) is 17.4 Å². The average molecular weight is 241 g/mol. The predicted molar refractivity (Wildman–Crippen MR) is 66.8 cm³/mol. The van der Waals surface area contributed by atoms with E-state index in [9.17, 15) is 4.79 Å². The Labute approximate surface area is 101 Å². The summed E-state index contributed by atoms with van der Waals surface area (Å²) >= 11 is 1.65. The molecule has 90 valence electrons. The molecule has 1 unspecified atom stereocenters. The van der Waals surface area contributed by atoms with Gasteiger partial charge in [0.1, 0.15) is 6.04 Å². The zero-order chi connectivity index (χ0) is 12.3. The summed E-state index contributed by atoms with van der Waals surface area (Å²) in [6.45, 7) is 6.49. The SMILES string of the molecule is CNC(C(=O)OC)c1ccc(C(C)(C)C)s1. The number of rotatable bonds is 3. The van der Waals surface area contributed by atoms with Crippen molar-refractivity contribution in [2.24, 2.45) is 0 Å². The minimum atomic E-state index is -0.355. The quantitative estimate of drug-likeness (QED) is 0.826. The van der Waals surface area contributed by atoms with Crippen LogP contribution >= 0.6 is 11.3 Å². The zero-order valence-electron chi connectivity index (χ0n) is 10.5. The van der Waals surface area contributed by atoms with E-state index in [1.165, 1.54) is 12.0 Å². The fraction of sp³-hybridized carbons (Fsp3) is 0.583. The lowest BCUT2D eigenvalue weighted by atomic mass is 9.95. The topological polar surface area (TPSA) is 38.3 Å². The summed E-state index contributed by atoms with van der Waals surface area (Å²) in [6, 6.07) is 3.71. The van der Waals surface area contributed by atoms with Gasteiger partial charge in [0.05, 0.1) is 7.11 Å². The minimum absolute atomic E-state index is 0.122. The summed E-state index contributed by atoms with van der Waals surface area (Å²) < 4.78 is 4.76. The van der Waals surface area contributed by atoms with Gasteiger partial charge in [-0.3, -0.25) is 0 Å². The van der Waals surface area contributed by atoms with E-state index in [1.807, 2.05) is 6.07 Å². The summed E-state index contributed by atoms with van der Waals surface area (Å²) in [5.74, 6) is -0.246. The standard InChI is InChI=1S/C12H19NO2S/c1-12(2,3)9-7-6-8(16-9)10(13-4)11(14)15-5/h6-7,10,13H,1-5H3. The van der Waals surface area contributed by atoms with Crippen LogP contribution in [0.3, 0.4) is 0 Å². The van der Waals surface area contributed by atoms with Gasteiger partial charge in [-0.2, -0.15) is 0 Å². The van der Waals surface area contributed by atoms with E-state index in [0.29, 0.717) is 0 Å². The van der Waals surface area contributed by atoms with Crippen LogP contribution in [0.15, 0.2) is 12.1 Å². The minimum Gasteiger partial charge on any atom is -0.468 e. The van der Waals surface area contributed by atoms with Gasteiger partial charge in [-0.1, -0.05) is 20.8 Å². The molecule has 0 spiro atoms. The maximum atomic E-state index is 11.5. The number of carbonyl (C=O) groups is 1. The number of likely N-dealkylation sites (N-methyl/N-ethyl adjacent to an activating group) is 1. The molecule has 0 aliphatic heterocycles. The number of methoxy groups -OCH3 is 1. The molecule has 0 amide bonds. The number of hydrogen-bond acceptors (Lipinski definition) is 4. The first-order valence-corrected chi connectivity index (χ1v) is 6.07. The second-order valence-corrected chi connectivity index (χ2v) is 5.81. The van der Waals surface area contributed by atoms with Crippen molar-refractivity contribution in [2.75, 3.05) is 14.2 Å². The lowest BCUT2D eigenvalue weighted by Crippen LogP contribution is -2.25.